The molecule has 1 amide bonds. The Bertz CT molecular complexity index is 484. The lowest BCUT2D eigenvalue weighted by atomic mass is 10.1. The Morgan fingerprint density at radius 3 is 2.76 bits per heavy atom. The average molecular weight is 311 g/mol. The molecular formula is C15H25N3O2S. The number of hydrogen-bond donors (Lipinski definition) is 3. The van der Waals surface area contributed by atoms with E-state index in [4.69, 9.17) is 10.5 Å². The monoisotopic (exact) mass is 311 g/mol. The maximum Gasteiger partial charge on any atom is 0.263 e. The summed E-state index contributed by atoms with van der Waals surface area (Å²) in [5, 5.41) is 7.32. The smallest absolute Gasteiger partial charge is 0.263 e. The number of nitrogen functional groups attached to an aromatic ring is 1. The van der Waals surface area contributed by atoms with Crippen LogP contribution in [0.15, 0.2) is 0 Å². The summed E-state index contributed by atoms with van der Waals surface area (Å²) in [5.74, 6) is 0.461. The maximum absolute atomic E-state index is 12.2. The molecule has 5 nitrogen and oxygen atoms in total. The summed E-state index contributed by atoms with van der Waals surface area (Å²) in [7, 11) is 0. The topological polar surface area (TPSA) is 76.4 Å². The number of anilines is 2. The van der Waals surface area contributed by atoms with E-state index < -0.39 is 0 Å². The third-order valence-electron chi connectivity index (χ3n) is 3.45. The molecule has 1 aromatic heterocycles. The Morgan fingerprint density at radius 1 is 1.38 bits per heavy atom. The maximum atomic E-state index is 12.2. The van der Waals surface area contributed by atoms with Crippen LogP contribution in [0.3, 0.4) is 0 Å². The van der Waals surface area contributed by atoms with Gasteiger partial charge in [0.2, 0.25) is 0 Å². The van der Waals surface area contributed by atoms with Crippen molar-refractivity contribution in [3.05, 3.63) is 10.4 Å². The van der Waals surface area contributed by atoms with Gasteiger partial charge in [-0.1, -0.05) is 6.92 Å². The van der Waals surface area contributed by atoms with Gasteiger partial charge in [0.15, 0.2) is 0 Å². The average Bonchev–Trinajstić information content (AvgIpc) is 3.25. The highest BCUT2D eigenvalue weighted by Crippen LogP contribution is 2.50. The second kappa shape index (κ2) is 7.66. The van der Waals surface area contributed by atoms with Crippen LogP contribution in [-0.2, 0) is 4.74 Å². The number of thiophene rings is 1. The molecule has 118 valence electrons. The summed E-state index contributed by atoms with van der Waals surface area (Å²) in [5.41, 5.74) is 8.03. The van der Waals surface area contributed by atoms with Crippen LogP contribution in [0.2, 0.25) is 0 Å². The van der Waals surface area contributed by atoms with E-state index in [9.17, 15) is 4.79 Å². The molecule has 4 N–H and O–H groups in total. The zero-order valence-electron chi connectivity index (χ0n) is 12.8. The van der Waals surface area contributed by atoms with Gasteiger partial charge in [0, 0.05) is 25.3 Å². The predicted molar refractivity (Wildman–Crippen MR) is 88.3 cm³/mol. The molecule has 0 radical (unpaired) electrons. The molecule has 0 aliphatic heterocycles. The molecule has 0 bridgehead atoms. The minimum absolute atomic E-state index is 0.0564. The van der Waals surface area contributed by atoms with E-state index in [1.807, 2.05) is 13.8 Å². The zero-order chi connectivity index (χ0) is 15.2. The number of carbonyl (C=O) groups is 1. The van der Waals surface area contributed by atoms with Gasteiger partial charge >= 0.3 is 0 Å². The molecule has 1 aliphatic rings. The van der Waals surface area contributed by atoms with E-state index in [2.05, 4.69) is 10.6 Å². The second-order valence-corrected chi connectivity index (χ2v) is 6.26. The Labute approximate surface area is 130 Å². The van der Waals surface area contributed by atoms with Gasteiger partial charge in [-0.25, -0.2) is 0 Å². The number of hydrogen-bond acceptors (Lipinski definition) is 5. The molecule has 1 aromatic rings. The summed E-state index contributed by atoms with van der Waals surface area (Å²) >= 11 is 1.47. The molecule has 1 aliphatic carbocycles. The van der Waals surface area contributed by atoms with E-state index >= 15 is 0 Å². The molecule has 0 saturated heterocycles. The predicted octanol–water partition coefficient (Wildman–Crippen LogP) is 2.80. The number of amides is 1. The Kier molecular flexibility index (Phi) is 5.87. The highest BCUT2D eigenvalue weighted by atomic mass is 32.1. The minimum Gasteiger partial charge on any atom is -0.397 e. The highest BCUT2D eigenvalue weighted by Gasteiger charge is 2.32. The van der Waals surface area contributed by atoms with Crippen LogP contribution in [0.5, 0.6) is 0 Å². The van der Waals surface area contributed by atoms with Crippen LogP contribution in [0.25, 0.3) is 0 Å². The van der Waals surface area contributed by atoms with Crippen molar-refractivity contribution < 1.29 is 9.53 Å². The number of nitrogens with one attached hydrogen (secondary N) is 2. The van der Waals surface area contributed by atoms with Crippen LogP contribution >= 0.6 is 11.3 Å². The number of carbonyl (C=O) groups excluding carboxylic acids is 1. The summed E-state index contributed by atoms with van der Waals surface area (Å²) in [4.78, 5) is 12.8. The van der Waals surface area contributed by atoms with Crippen molar-refractivity contribution in [3.63, 3.8) is 0 Å². The number of ether oxygens (including phenoxy) is 1. The number of nitrogens with two attached hydrogens (primary N) is 1. The normalized spacial score (nSPS) is 14.2. The lowest BCUT2D eigenvalue weighted by Crippen LogP contribution is -2.23. The van der Waals surface area contributed by atoms with Gasteiger partial charge < -0.3 is 21.1 Å². The van der Waals surface area contributed by atoms with E-state index in [0.29, 0.717) is 36.2 Å². The van der Waals surface area contributed by atoms with E-state index in [0.717, 1.165) is 36.4 Å². The molecule has 0 atom stereocenters. The quantitative estimate of drug-likeness (QED) is 0.613. The Hall–Kier alpha value is -1.27. The molecule has 0 spiro atoms. The third-order valence-corrected chi connectivity index (χ3v) is 4.62. The molecule has 1 fully saturated rings. The van der Waals surface area contributed by atoms with Crippen LogP contribution in [0.4, 0.5) is 10.7 Å². The summed E-state index contributed by atoms with van der Waals surface area (Å²) < 4.78 is 5.34. The molecule has 21 heavy (non-hydrogen) atoms. The fourth-order valence-electron chi connectivity index (χ4n) is 2.23. The molecule has 0 aromatic carbocycles. The van der Waals surface area contributed by atoms with Crippen molar-refractivity contribution >= 4 is 27.9 Å². The fourth-order valence-corrected chi connectivity index (χ4v) is 3.38. The van der Waals surface area contributed by atoms with E-state index in [1.54, 1.807) is 0 Å². The largest absolute Gasteiger partial charge is 0.397 e. The van der Waals surface area contributed by atoms with Gasteiger partial charge in [-0.2, -0.15) is 0 Å². The summed E-state index contributed by atoms with van der Waals surface area (Å²) in [6.07, 6.45) is 3.25. The lowest BCUT2D eigenvalue weighted by molar-refractivity contribution is 0.0958. The van der Waals surface area contributed by atoms with Gasteiger partial charge in [0.1, 0.15) is 4.88 Å². The molecule has 1 saturated carbocycles. The van der Waals surface area contributed by atoms with Crippen LogP contribution in [-0.4, -0.2) is 32.2 Å². The van der Waals surface area contributed by atoms with Crippen molar-refractivity contribution in [3.8, 4) is 0 Å². The Morgan fingerprint density at radius 2 is 2.14 bits per heavy atom. The fraction of sp³-hybridized carbons (Fsp3) is 0.667. The molecule has 0 unspecified atom stereocenters. The third kappa shape index (κ3) is 4.11. The van der Waals surface area contributed by atoms with Crippen LogP contribution in [0, 0.1) is 0 Å². The van der Waals surface area contributed by atoms with Gasteiger partial charge in [0.25, 0.3) is 5.91 Å². The van der Waals surface area contributed by atoms with Crippen LogP contribution < -0.4 is 16.4 Å². The van der Waals surface area contributed by atoms with Crippen molar-refractivity contribution in [1.82, 2.24) is 5.32 Å². The van der Waals surface area contributed by atoms with Crippen molar-refractivity contribution in [1.29, 1.82) is 0 Å². The highest BCUT2D eigenvalue weighted by molar-refractivity contribution is 7.18. The minimum atomic E-state index is -0.0564. The van der Waals surface area contributed by atoms with Gasteiger partial charge in [0.05, 0.1) is 17.3 Å². The SMILES string of the molecule is CCCNC(=O)c1sc(NCCOCC)c(C2CC2)c1N. The number of rotatable bonds is 9. The summed E-state index contributed by atoms with van der Waals surface area (Å²) in [6, 6.07) is 0. The van der Waals surface area contributed by atoms with E-state index in [-0.39, 0.29) is 5.91 Å². The molecule has 2 rings (SSSR count). The first-order valence-corrected chi connectivity index (χ1v) is 8.52. The molecule has 6 heteroatoms. The van der Waals surface area contributed by atoms with Gasteiger partial charge in [-0.3, -0.25) is 4.79 Å². The van der Waals surface area contributed by atoms with E-state index in [1.165, 1.54) is 11.3 Å². The first-order chi connectivity index (χ1) is 10.2. The zero-order valence-corrected chi connectivity index (χ0v) is 13.6. The van der Waals surface area contributed by atoms with Gasteiger partial charge in [-0.15, -0.1) is 11.3 Å². The van der Waals surface area contributed by atoms with Crippen molar-refractivity contribution in [2.75, 3.05) is 37.4 Å². The van der Waals surface area contributed by atoms with Crippen molar-refractivity contribution in [2.24, 2.45) is 0 Å². The first-order valence-electron chi connectivity index (χ1n) is 7.70. The first kappa shape index (κ1) is 16.1. The van der Waals surface area contributed by atoms with Gasteiger partial charge in [-0.05, 0) is 32.1 Å². The van der Waals surface area contributed by atoms with Crippen molar-refractivity contribution in [2.45, 2.75) is 39.0 Å². The molecular weight excluding hydrogens is 286 g/mol. The summed E-state index contributed by atoms with van der Waals surface area (Å²) in [6.45, 7) is 6.82. The Balaban J connectivity index is 2.09. The lowest BCUT2D eigenvalue weighted by Gasteiger charge is -2.07. The molecule has 1 heterocycles. The van der Waals surface area contributed by atoms with Crippen LogP contribution in [0.1, 0.15) is 54.3 Å². The standard InChI is InChI=1S/C15H25N3O2S/c1-3-7-17-14(19)13-12(16)11(10-5-6-10)15(21-13)18-8-9-20-4-2/h10,18H,3-9,16H2,1-2H3,(H,17,19). The second-order valence-electron chi connectivity index (χ2n) is 5.24.